The summed E-state index contributed by atoms with van der Waals surface area (Å²) in [7, 11) is 0. The van der Waals surface area contributed by atoms with E-state index in [1.165, 1.54) is 0 Å². The summed E-state index contributed by atoms with van der Waals surface area (Å²) in [5, 5.41) is 0. The van der Waals surface area contributed by atoms with Crippen LogP contribution in [0.3, 0.4) is 0 Å². The molecule has 0 spiro atoms. The maximum absolute atomic E-state index is 11.7. The van der Waals surface area contributed by atoms with E-state index >= 15 is 0 Å². The minimum Gasteiger partial charge on any atom is -0.294 e. The molecule has 0 aromatic heterocycles. The lowest BCUT2D eigenvalue weighted by Crippen LogP contribution is -2.35. The molecule has 0 aliphatic rings. The van der Waals surface area contributed by atoms with Gasteiger partial charge in [-0.25, -0.2) is 0 Å². The van der Waals surface area contributed by atoms with Gasteiger partial charge in [-0.2, -0.15) is 0 Å². The van der Waals surface area contributed by atoms with Crippen LogP contribution in [0, 0.1) is 0 Å². The van der Waals surface area contributed by atoms with Crippen LogP contribution in [0.15, 0.2) is 24.3 Å². The van der Waals surface area contributed by atoms with Crippen LogP contribution in [0.2, 0.25) is 0 Å². The minimum absolute atomic E-state index is 0.0336. The summed E-state index contributed by atoms with van der Waals surface area (Å²) in [6, 6.07) is 7.05. The smallest absolute Gasteiger partial charge is 0.294 e. The van der Waals surface area contributed by atoms with Gasteiger partial charge in [-0.15, -0.1) is 13.2 Å². The largest absolute Gasteiger partial charge is 0.522 e. The molecule has 0 aliphatic carbocycles. The van der Waals surface area contributed by atoms with Crippen LogP contribution < -0.4 is 10.9 Å². The monoisotopic (exact) mass is 290 g/mol. The van der Waals surface area contributed by atoms with E-state index in [1.807, 2.05) is 0 Å². The molecule has 0 bridgehead atoms. The Labute approximate surface area is 115 Å². The van der Waals surface area contributed by atoms with Crippen molar-refractivity contribution in [2.75, 3.05) is 13.2 Å². The Bertz CT molecular complexity index is 419. The van der Waals surface area contributed by atoms with Crippen LogP contribution in [0.1, 0.15) is 29.3 Å². The molecule has 0 amide bonds. The van der Waals surface area contributed by atoms with E-state index in [2.05, 4.69) is 15.6 Å². The van der Waals surface area contributed by atoms with Crippen LogP contribution in [-0.2, 0) is 11.3 Å². The van der Waals surface area contributed by atoms with Gasteiger partial charge in [0, 0.05) is 25.1 Å². The number of benzene rings is 1. The number of carbonyl (C=O) groups is 1. The zero-order valence-electron chi connectivity index (χ0n) is 11.1. The molecule has 2 N–H and O–H groups in total. The highest BCUT2D eigenvalue weighted by molar-refractivity contribution is 5.95. The van der Waals surface area contributed by atoms with Crippen molar-refractivity contribution in [2.45, 2.75) is 26.3 Å². The van der Waals surface area contributed by atoms with Crippen molar-refractivity contribution in [3.63, 3.8) is 0 Å². The second-order valence-electron chi connectivity index (χ2n) is 4.05. The summed E-state index contributed by atoms with van der Waals surface area (Å²) in [6.07, 6.45) is -4.14. The second-order valence-corrected chi connectivity index (χ2v) is 4.05. The highest BCUT2D eigenvalue weighted by Gasteiger charge is 2.28. The van der Waals surface area contributed by atoms with Crippen molar-refractivity contribution in [3.05, 3.63) is 35.4 Å². The summed E-state index contributed by atoms with van der Waals surface area (Å²) in [5.41, 5.74) is 6.96. The maximum Gasteiger partial charge on any atom is 0.522 e. The fourth-order valence-electron chi connectivity index (χ4n) is 1.48. The summed E-state index contributed by atoms with van der Waals surface area (Å²) in [6.45, 7) is 1.81. The normalized spacial score (nSPS) is 11.6. The average molecular weight is 290 g/mol. The van der Waals surface area contributed by atoms with Gasteiger partial charge in [0.1, 0.15) is 0 Å². The van der Waals surface area contributed by atoms with E-state index in [-0.39, 0.29) is 12.3 Å². The van der Waals surface area contributed by atoms with Gasteiger partial charge >= 0.3 is 6.36 Å². The number of halogens is 3. The number of alkyl halides is 3. The Morgan fingerprint density at radius 2 is 1.85 bits per heavy atom. The van der Waals surface area contributed by atoms with Crippen LogP contribution in [-0.4, -0.2) is 25.3 Å². The predicted molar refractivity (Wildman–Crippen MR) is 67.9 cm³/mol. The van der Waals surface area contributed by atoms with Crippen molar-refractivity contribution < 1.29 is 22.7 Å². The van der Waals surface area contributed by atoms with E-state index in [0.717, 1.165) is 5.56 Å². The van der Waals surface area contributed by atoms with E-state index in [0.29, 0.717) is 18.5 Å². The van der Waals surface area contributed by atoms with Crippen molar-refractivity contribution in [3.8, 4) is 0 Å². The molecular formula is C13H17F3N2O2. The summed E-state index contributed by atoms with van der Waals surface area (Å²) in [5.74, 6) is 0.0759. The van der Waals surface area contributed by atoms with Crippen molar-refractivity contribution in [2.24, 2.45) is 0 Å². The lowest BCUT2D eigenvalue weighted by Gasteiger charge is -2.09. The Hall–Kier alpha value is -1.44. The van der Waals surface area contributed by atoms with Crippen molar-refractivity contribution >= 4 is 5.78 Å². The van der Waals surface area contributed by atoms with Crippen molar-refractivity contribution in [1.29, 1.82) is 0 Å². The fourth-order valence-corrected chi connectivity index (χ4v) is 1.48. The molecule has 0 fully saturated rings. The van der Waals surface area contributed by atoms with Crippen LogP contribution in [0.5, 0.6) is 0 Å². The minimum atomic E-state index is -4.59. The molecule has 0 saturated heterocycles. The molecule has 7 heteroatoms. The zero-order chi connectivity index (χ0) is 15.0. The number of Topliss-reactive ketones (excluding diaryl/α,β-unsaturated/α-hetero) is 1. The number of ether oxygens (including phenoxy) is 1. The first-order chi connectivity index (χ1) is 9.42. The Morgan fingerprint density at radius 1 is 1.20 bits per heavy atom. The number of nitrogens with one attached hydrogen (secondary N) is 2. The molecule has 0 heterocycles. The van der Waals surface area contributed by atoms with Crippen LogP contribution in [0.25, 0.3) is 0 Å². The lowest BCUT2D eigenvalue weighted by molar-refractivity contribution is -0.323. The highest BCUT2D eigenvalue weighted by atomic mass is 19.4. The fraction of sp³-hybridized carbons (Fsp3) is 0.462. The number of carbonyl (C=O) groups excluding carboxylic acids is 1. The lowest BCUT2D eigenvalue weighted by atomic mass is 10.1. The predicted octanol–water partition coefficient (Wildman–Crippen LogP) is 2.41. The highest BCUT2D eigenvalue weighted by Crippen LogP contribution is 2.15. The summed E-state index contributed by atoms with van der Waals surface area (Å²) >= 11 is 0. The average Bonchev–Trinajstić information content (AvgIpc) is 2.41. The topological polar surface area (TPSA) is 50.4 Å². The Kier molecular flexibility index (Phi) is 6.63. The first kappa shape index (κ1) is 16.6. The number of rotatable bonds is 8. The van der Waals surface area contributed by atoms with Gasteiger partial charge in [0.25, 0.3) is 0 Å². The summed E-state index contributed by atoms with van der Waals surface area (Å²) < 4.78 is 38.6. The third-order valence-electron chi connectivity index (χ3n) is 2.51. The van der Waals surface area contributed by atoms with Gasteiger partial charge in [-0.3, -0.25) is 20.4 Å². The molecule has 112 valence electrons. The third kappa shape index (κ3) is 6.65. The molecule has 1 aromatic carbocycles. The molecule has 0 aliphatic heterocycles. The molecule has 0 unspecified atom stereocenters. The third-order valence-corrected chi connectivity index (χ3v) is 2.51. The standard InChI is InChI=1S/C13H17F3N2O2/c1-2-12(19)11-5-3-10(4-6-11)9-18-17-7-8-20-13(14,15)16/h3-6,17-18H,2,7-9H2,1H3. The van der Waals surface area contributed by atoms with Gasteiger partial charge in [-0.1, -0.05) is 31.2 Å². The molecule has 0 saturated carbocycles. The van der Waals surface area contributed by atoms with Gasteiger partial charge in [0.15, 0.2) is 5.78 Å². The van der Waals surface area contributed by atoms with E-state index in [4.69, 9.17) is 0 Å². The first-order valence-corrected chi connectivity index (χ1v) is 6.21. The molecule has 20 heavy (non-hydrogen) atoms. The molecule has 4 nitrogen and oxygen atoms in total. The molecule has 0 atom stereocenters. The molecule has 0 radical (unpaired) electrons. The quantitative estimate of drug-likeness (QED) is 0.438. The van der Waals surface area contributed by atoms with E-state index < -0.39 is 13.0 Å². The van der Waals surface area contributed by atoms with Crippen LogP contribution >= 0.6 is 0 Å². The summed E-state index contributed by atoms with van der Waals surface area (Å²) in [4.78, 5) is 11.4. The number of hydrogen-bond donors (Lipinski definition) is 2. The maximum atomic E-state index is 11.7. The zero-order valence-corrected chi connectivity index (χ0v) is 11.1. The van der Waals surface area contributed by atoms with Gasteiger partial charge in [0.2, 0.25) is 0 Å². The number of hydrazine groups is 1. The van der Waals surface area contributed by atoms with Crippen LogP contribution in [0.4, 0.5) is 13.2 Å². The SMILES string of the molecule is CCC(=O)c1ccc(CNNCCOC(F)(F)F)cc1. The Morgan fingerprint density at radius 3 is 2.40 bits per heavy atom. The molecular weight excluding hydrogens is 273 g/mol. The number of ketones is 1. The van der Waals surface area contributed by atoms with E-state index in [9.17, 15) is 18.0 Å². The molecule has 1 aromatic rings. The Balaban J connectivity index is 2.21. The van der Waals surface area contributed by atoms with Gasteiger partial charge in [-0.05, 0) is 5.56 Å². The number of hydrogen-bond acceptors (Lipinski definition) is 4. The van der Waals surface area contributed by atoms with Gasteiger partial charge < -0.3 is 0 Å². The second kappa shape index (κ2) is 7.98. The van der Waals surface area contributed by atoms with E-state index in [1.54, 1.807) is 31.2 Å². The molecule has 1 rings (SSSR count). The van der Waals surface area contributed by atoms with Crippen molar-refractivity contribution in [1.82, 2.24) is 10.9 Å². The first-order valence-electron chi connectivity index (χ1n) is 6.21. The van der Waals surface area contributed by atoms with Gasteiger partial charge in [0.05, 0.1) is 6.61 Å².